The van der Waals surface area contributed by atoms with Gasteiger partial charge in [0.15, 0.2) is 11.9 Å². The Morgan fingerprint density at radius 3 is 2.62 bits per heavy atom. The molecule has 0 spiro atoms. The molecule has 1 saturated heterocycles. The lowest BCUT2D eigenvalue weighted by Gasteiger charge is -2.24. The van der Waals surface area contributed by atoms with Crippen molar-refractivity contribution in [1.29, 1.82) is 0 Å². The molecule has 0 aliphatic carbocycles. The molecule has 4 heteroatoms. The Morgan fingerprint density at radius 2 is 2.05 bits per heavy atom. The van der Waals surface area contributed by atoms with Crippen molar-refractivity contribution in [3.63, 3.8) is 0 Å². The van der Waals surface area contributed by atoms with Crippen molar-refractivity contribution in [2.24, 2.45) is 0 Å². The number of carbonyl (C=O) groups excluding carboxylic acids is 1. The van der Waals surface area contributed by atoms with Crippen LogP contribution < -0.4 is 0 Å². The predicted molar refractivity (Wildman–Crippen MR) is 78.6 cm³/mol. The van der Waals surface area contributed by atoms with Gasteiger partial charge in [0, 0.05) is 0 Å². The highest BCUT2D eigenvalue weighted by molar-refractivity contribution is 5.89. The van der Waals surface area contributed by atoms with Crippen LogP contribution in [0, 0.1) is 12.3 Å². The largest absolute Gasteiger partial charge is 0.456 e. The lowest BCUT2D eigenvalue weighted by Crippen LogP contribution is -2.38. The Hall–Kier alpha value is -1.83. The van der Waals surface area contributed by atoms with Gasteiger partial charge in [-0.05, 0) is 32.4 Å². The van der Waals surface area contributed by atoms with E-state index in [9.17, 15) is 4.79 Å². The monoisotopic (exact) mass is 288 g/mol. The third-order valence-corrected chi connectivity index (χ3v) is 3.33. The SMILES string of the molecule is C#CC1OC(C)(C)OC1C(CC)OC(=O)c1ccccc1. The second kappa shape index (κ2) is 6.30. The van der Waals surface area contributed by atoms with E-state index < -0.39 is 24.1 Å². The topological polar surface area (TPSA) is 44.8 Å². The van der Waals surface area contributed by atoms with Crippen LogP contribution in [0.4, 0.5) is 0 Å². The standard InChI is InChI=1S/C17H20O4/c1-5-13(15-14(6-2)20-17(3,4)21-15)19-16(18)12-10-8-7-9-11-12/h2,7-11,13-15H,5H2,1,3-4H3. The van der Waals surface area contributed by atoms with Crippen molar-refractivity contribution in [2.75, 3.05) is 0 Å². The van der Waals surface area contributed by atoms with E-state index in [2.05, 4.69) is 5.92 Å². The number of ether oxygens (including phenoxy) is 3. The van der Waals surface area contributed by atoms with Gasteiger partial charge in [-0.3, -0.25) is 0 Å². The van der Waals surface area contributed by atoms with Crippen LogP contribution in [0.15, 0.2) is 30.3 Å². The summed E-state index contributed by atoms with van der Waals surface area (Å²) in [5.74, 6) is 1.41. The zero-order chi connectivity index (χ0) is 15.5. The fourth-order valence-corrected chi connectivity index (χ4v) is 2.35. The second-order valence-corrected chi connectivity index (χ2v) is 5.41. The Bertz CT molecular complexity index is 529. The Morgan fingerprint density at radius 1 is 1.38 bits per heavy atom. The van der Waals surface area contributed by atoms with E-state index in [0.717, 1.165) is 0 Å². The molecule has 0 aromatic heterocycles. The minimum atomic E-state index is -0.770. The molecule has 0 amide bonds. The average molecular weight is 288 g/mol. The number of rotatable bonds is 4. The molecule has 1 fully saturated rings. The molecule has 0 saturated carbocycles. The van der Waals surface area contributed by atoms with Gasteiger partial charge in [-0.15, -0.1) is 6.42 Å². The molecule has 0 radical (unpaired) electrons. The average Bonchev–Trinajstić information content (AvgIpc) is 2.80. The molecule has 2 rings (SSSR count). The van der Waals surface area contributed by atoms with Crippen molar-refractivity contribution in [3.8, 4) is 12.3 Å². The van der Waals surface area contributed by atoms with Crippen LogP contribution in [0.3, 0.4) is 0 Å². The van der Waals surface area contributed by atoms with Crippen LogP contribution in [0.1, 0.15) is 37.6 Å². The van der Waals surface area contributed by atoms with Gasteiger partial charge in [0.1, 0.15) is 12.2 Å². The van der Waals surface area contributed by atoms with Crippen LogP contribution in [-0.4, -0.2) is 30.1 Å². The van der Waals surface area contributed by atoms with Gasteiger partial charge in [-0.2, -0.15) is 0 Å². The number of hydrogen-bond acceptors (Lipinski definition) is 4. The first-order valence-corrected chi connectivity index (χ1v) is 7.04. The smallest absolute Gasteiger partial charge is 0.338 e. The highest BCUT2D eigenvalue weighted by atomic mass is 16.8. The highest BCUT2D eigenvalue weighted by Gasteiger charge is 2.45. The van der Waals surface area contributed by atoms with Crippen LogP contribution in [0.5, 0.6) is 0 Å². The molecule has 1 aromatic rings. The Labute approximate surface area is 125 Å². The summed E-state index contributed by atoms with van der Waals surface area (Å²) in [6.07, 6.45) is 4.66. The minimum absolute atomic E-state index is 0.383. The Kier molecular flexibility index (Phi) is 4.66. The Balaban J connectivity index is 2.10. The molecule has 3 atom stereocenters. The third-order valence-electron chi connectivity index (χ3n) is 3.33. The predicted octanol–water partition coefficient (Wildman–Crippen LogP) is 2.78. The summed E-state index contributed by atoms with van der Waals surface area (Å²) in [5.41, 5.74) is 0.506. The number of carbonyl (C=O) groups is 1. The van der Waals surface area contributed by atoms with E-state index >= 15 is 0 Å². The molecule has 3 unspecified atom stereocenters. The zero-order valence-electron chi connectivity index (χ0n) is 12.5. The van der Waals surface area contributed by atoms with E-state index in [1.807, 2.05) is 13.0 Å². The van der Waals surface area contributed by atoms with E-state index in [4.69, 9.17) is 20.6 Å². The third kappa shape index (κ3) is 3.63. The first-order chi connectivity index (χ1) is 9.96. The summed E-state index contributed by atoms with van der Waals surface area (Å²) < 4.78 is 17.0. The fraction of sp³-hybridized carbons (Fsp3) is 0.471. The van der Waals surface area contributed by atoms with Gasteiger partial charge < -0.3 is 14.2 Å². The van der Waals surface area contributed by atoms with E-state index in [1.165, 1.54) is 0 Å². The maximum Gasteiger partial charge on any atom is 0.338 e. The molecule has 1 aliphatic rings. The van der Waals surface area contributed by atoms with Crippen molar-refractivity contribution >= 4 is 5.97 Å². The maximum absolute atomic E-state index is 12.2. The number of esters is 1. The van der Waals surface area contributed by atoms with E-state index in [0.29, 0.717) is 12.0 Å². The van der Waals surface area contributed by atoms with Gasteiger partial charge in [0.05, 0.1) is 5.56 Å². The maximum atomic E-state index is 12.2. The summed E-state index contributed by atoms with van der Waals surface area (Å²) in [5, 5.41) is 0. The molecule has 4 nitrogen and oxygen atoms in total. The van der Waals surface area contributed by atoms with Gasteiger partial charge in [-0.25, -0.2) is 4.79 Å². The van der Waals surface area contributed by atoms with E-state index in [-0.39, 0.29) is 5.97 Å². The molecular formula is C17H20O4. The van der Waals surface area contributed by atoms with Crippen molar-refractivity contribution < 1.29 is 19.0 Å². The highest BCUT2D eigenvalue weighted by Crippen LogP contribution is 2.31. The van der Waals surface area contributed by atoms with Crippen molar-refractivity contribution in [1.82, 2.24) is 0 Å². The minimum Gasteiger partial charge on any atom is -0.456 e. The zero-order valence-corrected chi connectivity index (χ0v) is 12.5. The molecule has 1 aromatic carbocycles. The number of hydrogen-bond donors (Lipinski definition) is 0. The van der Waals surface area contributed by atoms with Crippen LogP contribution in [0.2, 0.25) is 0 Å². The normalized spacial score (nSPS) is 25.0. The second-order valence-electron chi connectivity index (χ2n) is 5.41. The molecule has 1 heterocycles. The van der Waals surface area contributed by atoms with Gasteiger partial charge in [0.2, 0.25) is 0 Å². The fourth-order valence-electron chi connectivity index (χ4n) is 2.35. The molecule has 1 aliphatic heterocycles. The summed E-state index contributed by atoms with van der Waals surface area (Å²) in [7, 11) is 0. The molecule has 0 bridgehead atoms. The molecule has 0 N–H and O–H groups in total. The molecule has 21 heavy (non-hydrogen) atoms. The molecular weight excluding hydrogens is 268 g/mol. The van der Waals surface area contributed by atoms with Crippen molar-refractivity contribution in [2.45, 2.75) is 51.3 Å². The first-order valence-electron chi connectivity index (χ1n) is 7.04. The number of terminal acetylenes is 1. The van der Waals surface area contributed by atoms with Crippen LogP contribution in [-0.2, 0) is 14.2 Å². The van der Waals surface area contributed by atoms with Gasteiger partial charge in [-0.1, -0.05) is 31.0 Å². The van der Waals surface area contributed by atoms with Gasteiger partial charge >= 0.3 is 5.97 Å². The summed E-state index contributed by atoms with van der Waals surface area (Å²) in [6.45, 7) is 5.51. The molecule has 112 valence electrons. The lowest BCUT2D eigenvalue weighted by molar-refractivity contribution is -0.153. The summed E-state index contributed by atoms with van der Waals surface area (Å²) >= 11 is 0. The lowest BCUT2D eigenvalue weighted by atomic mass is 10.1. The van der Waals surface area contributed by atoms with Crippen LogP contribution >= 0.6 is 0 Å². The van der Waals surface area contributed by atoms with Crippen molar-refractivity contribution in [3.05, 3.63) is 35.9 Å². The quantitative estimate of drug-likeness (QED) is 0.631. The van der Waals surface area contributed by atoms with Gasteiger partial charge in [0.25, 0.3) is 0 Å². The van der Waals surface area contributed by atoms with Crippen LogP contribution in [0.25, 0.3) is 0 Å². The first kappa shape index (κ1) is 15.6. The number of benzene rings is 1. The summed E-state index contributed by atoms with van der Waals surface area (Å²) in [6, 6.07) is 8.85. The summed E-state index contributed by atoms with van der Waals surface area (Å²) in [4.78, 5) is 12.2. The van der Waals surface area contributed by atoms with E-state index in [1.54, 1.807) is 38.1 Å².